The second kappa shape index (κ2) is 6.07. The van der Waals surface area contributed by atoms with Crippen LogP contribution in [0.2, 0.25) is 5.02 Å². The number of hydrogen-bond donors (Lipinski definition) is 3. The number of aromatic hydroxyl groups is 1. The fraction of sp³-hybridized carbons (Fsp3) is 0.0625. The van der Waals surface area contributed by atoms with Gasteiger partial charge in [0.15, 0.2) is 0 Å². The maximum atomic E-state index is 12.5. The number of amides is 1. The molecule has 4 N–H and O–H groups in total. The first kappa shape index (κ1) is 17.3. The minimum atomic E-state index is -4.05. The van der Waals surface area contributed by atoms with E-state index in [4.69, 9.17) is 16.7 Å². The van der Waals surface area contributed by atoms with E-state index in [1.54, 1.807) is 29.8 Å². The third-order valence-electron chi connectivity index (χ3n) is 3.68. The van der Waals surface area contributed by atoms with Crippen LogP contribution < -0.4 is 10.6 Å². The van der Waals surface area contributed by atoms with Gasteiger partial charge in [-0.15, -0.1) is 0 Å². The maximum absolute atomic E-state index is 12.5. The summed E-state index contributed by atoms with van der Waals surface area (Å²) < 4.78 is 24.6. The van der Waals surface area contributed by atoms with Gasteiger partial charge < -0.3 is 5.11 Å². The van der Waals surface area contributed by atoms with E-state index in [-0.39, 0.29) is 21.2 Å². The summed E-state index contributed by atoms with van der Waals surface area (Å²) in [6.07, 6.45) is 0. The monoisotopic (exact) mass is 379 g/mol. The molecule has 25 heavy (non-hydrogen) atoms. The highest BCUT2D eigenvalue weighted by Crippen LogP contribution is 2.24. The first-order valence-electron chi connectivity index (χ1n) is 7.11. The summed E-state index contributed by atoms with van der Waals surface area (Å²) in [6, 6.07) is 10.4. The van der Waals surface area contributed by atoms with E-state index in [9.17, 15) is 18.3 Å². The van der Waals surface area contributed by atoms with Crippen molar-refractivity contribution in [2.75, 3.05) is 5.43 Å². The van der Waals surface area contributed by atoms with Gasteiger partial charge in [0.05, 0.1) is 10.5 Å². The SMILES string of the molecule is Cc1cc2cc(O)ccc2n1NC(=O)c1ccc(Cl)c(S(N)(=O)=O)c1. The van der Waals surface area contributed by atoms with Crippen molar-refractivity contribution in [2.24, 2.45) is 5.14 Å². The van der Waals surface area contributed by atoms with Crippen LogP contribution in [0.5, 0.6) is 5.75 Å². The van der Waals surface area contributed by atoms with E-state index in [0.717, 1.165) is 17.1 Å². The first-order chi connectivity index (χ1) is 11.7. The molecule has 0 radical (unpaired) electrons. The van der Waals surface area contributed by atoms with Gasteiger partial charge >= 0.3 is 0 Å². The molecule has 0 unspecified atom stereocenters. The topological polar surface area (TPSA) is 114 Å². The van der Waals surface area contributed by atoms with Gasteiger partial charge in [-0.25, -0.2) is 13.6 Å². The van der Waals surface area contributed by atoms with Crippen molar-refractivity contribution in [3.63, 3.8) is 0 Å². The largest absolute Gasteiger partial charge is 0.508 e. The molecular weight excluding hydrogens is 366 g/mol. The number of fused-ring (bicyclic) bond motifs is 1. The van der Waals surface area contributed by atoms with Crippen molar-refractivity contribution in [2.45, 2.75) is 11.8 Å². The molecule has 130 valence electrons. The molecular formula is C16H14ClN3O4S. The number of nitrogens with one attached hydrogen (secondary N) is 1. The van der Waals surface area contributed by atoms with Gasteiger partial charge in [-0.05, 0) is 49.4 Å². The number of phenols is 1. The van der Waals surface area contributed by atoms with E-state index in [1.807, 2.05) is 0 Å². The highest BCUT2D eigenvalue weighted by Gasteiger charge is 2.17. The lowest BCUT2D eigenvalue weighted by molar-refractivity contribution is 0.101. The van der Waals surface area contributed by atoms with Crippen LogP contribution in [-0.2, 0) is 10.0 Å². The van der Waals surface area contributed by atoms with Crippen molar-refractivity contribution in [1.29, 1.82) is 0 Å². The van der Waals surface area contributed by atoms with Crippen LogP contribution in [0.4, 0.5) is 0 Å². The number of nitrogens with two attached hydrogens (primary N) is 1. The third-order valence-corrected chi connectivity index (χ3v) is 5.07. The van der Waals surface area contributed by atoms with Crippen molar-refractivity contribution in [3.8, 4) is 5.75 Å². The zero-order chi connectivity index (χ0) is 18.4. The Morgan fingerprint density at radius 1 is 1.20 bits per heavy atom. The Morgan fingerprint density at radius 2 is 1.92 bits per heavy atom. The van der Waals surface area contributed by atoms with Crippen LogP contribution in [0.15, 0.2) is 47.4 Å². The smallest absolute Gasteiger partial charge is 0.270 e. The Kier molecular flexibility index (Phi) is 4.19. The second-order valence-electron chi connectivity index (χ2n) is 5.50. The molecule has 1 aromatic heterocycles. The van der Waals surface area contributed by atoms with Crippen LogP contribution in [-0.4, -0.2) is 24.1 Å². The number of carbonyl (C=O) groups excluding carboxylic acids is 1. The standard InChI is InChI=1S/C16H14ClN3O4S/c1-9-6-11-7-12(21)3-5-14(11)20(9)19-16(22)10-2-4-13(17)15(8-10)25(18,23)24/h2-8,21H,1H3,(H,19,22)(H2,18,23,24). The summed E-state index contributed by atoms with van der Waals surface area (Å²) in [6.45, 7) is 1.79. The maximum Gasteiger partial charge on any atom is 0.270 e. The van der Waals surface area contributed by atoms with E-state index in [2.05, 4.69) is 5.43 Å². The lowest BCUT2D eigenvalue weighted by Crippen LogP contribution is -2.24. The molecule has 9 heteroatoms. The number of carbonyl (C=O) groups is 1. The van der Waals surface area contributed by atoms with E-state index >= 15 is 0 Å². The zero-order valence-electron chi connectivity index (χ0n) is 13.0. The van der Waals surface area contributed by atoms with Crippen molar-refractivity contribution < 1.29 is 18.3 Å². The number of nitrogens with zero attached hydrogens (tertiary/aromatic N) is 1. The summed E-state index contributed by atoms with van der Waals surface area (Å²) in [5.41, 5.74) is 4.19. The number of hydrogen-bond acceptors (Lipinski definition) is 4. The number of rotatable bonds is 3. The summed E-state index contributed by atoms with van der Waals surface area (Å²) in [4.78, 5) is 12.2. The highest BCUT2D eigenvalue weighted by molar-refractivity contribution is 7.89. The van der Waals surface area contributed by atoms with Crippen LogP contribution in [0.3, 0.4) is 0 Å². The molecule has 3 rings (SSSR count). The Hall–Kier alpha value is -2.55. The molecule has 0 saturated carbocycles. The molecule has 3 aromatic rings. The van der Waals surface area contributed by atoms with Crippen molar-refractivity contribution in [3.05, 3.63) is 58.7 Å². The molecule has 0 aliphatic carbocycles. The Labute approximate surface area is 148 Å². The predicted molar refractivity (Wildman–Crippen MR) is 94.9 cm³/mol. The Bertz CT molecular complexity index is 1110. The van der Waals surface area contributed by atoms with Gasteiger partial charge in [-0.2, -0.15) is 0 Å². The lowest BCUT2D eigenvalue weighted by atomic mass is 10.2. The van der Waals surface area contributed by atoms with Crippen molar-refractivity contribution in [1.82, 2.24) is 4.68 Å². The van der Waals surface area contributed by atoms with E-state index < -0.39 is 15.9 Å². The summed E-state index contributed by atoms with van der Waals surface area (Å²) in [5.74, 6) is -0.415. The number of sulfonamides is 1. The number of benzene rings is 2. The molecule has 1 amide bonds. The number of halogens is 1. The van der Waals surface area contributed by atoms with Crippen LogP contribution in [0.25, 0.3) is 10.9 Å². The number of aromatic nitrogens is 1. The second-order valence-corrected chi connectivity index (χ2v) is 7.43. The predicted octanol–water partition coefficient (Wildman–Crippen LogP) is 2.34. The van der Waals surface area contributed by atoms with Gasteiger partial charge in [0.25, 0.3) is 5.91 Å². The van der Waals surface area contributed by atoms with Gasteiger partial charge in [-0.1, -0.05) is 11.6 Å². The van der Waals surface area contributed by atoms with Gasteiger partial charge in [0.2, 0.25) is 10.0 Å². The van der Waals surface area contributed by atoms with E-state index in [0.29, 0.717) is 5.52 Å². The van der Waals surface area contributed by atoms with Crippen LogP contribution >= 0.6 is 11.6 Å². The fourth-order valence-corrected chi connectivity index (χ4v) is 3.59. The first-order valence-corrected chi connectivity index (χ1v) is 9.04. The van der Waals surface area contributed by atoms with Gasteiger partial charge in [-0.3, -0.25) is 14.9 Å². The molecule has 0 atom stereocenters. The highest BCUT2D eigenvalue weighted by atomic mass is 35.5. The lowest BCUT2D eigenvalue weighted by Gasteiger charge is -2.11. The quantitative estimate of drug-likeness (QED) is 0.647. The summed E-state index contributed by atoms with van der Waals surface area (Å²) >= 11 is 5.83. The molecule has 0 saturated heterocycles. The Balaban J connectivity index is 2.00. The molecule has 1 heterocycles. The third kappa shape index (κ3) is 3.32. The van der Waals surface area contributed by atoms with Crippen LogP contribution in [0, 0.1) is 6.92 Å². The fourth-order valence-electron chi connectivity index (χ4n) is 2.52. The summed E-state index contributed by atoms with van der Waals surface area (Å²) in [7, 11) is -4.05. The number of aryl methyl sites for hydroxylation is 1. The minimum absolute atomic E-state index is 0.0582. The van der Waals surface area contributed by atoms with Crippen molar-refractivity contribution >= 4 is 38.4 Å². The number of primary sulfonamides is 1. The van der Waals surface area contributed by atoms with E-state index in [1.165, 1.54) is 18.2 Å². The molecule has 0 spiro atoms. The molecule has 0 aliphatic rings. The molecule has 0 fully saturated rings. The Morgan fingerprint density at radius 3 is 2.60 bits per heavy atom. The normalized spacial score (nSPS) is 11.6. The van der Waals surface area contributed by atoms with Gasteiger partial charge in [0, 0.05) is 16.6 Å². The molecule has 0 bridgehead atoms. The van der Waals surface area contributed by atoms with Crippen LogP contribution in [0.1, 0.15) is 16.1 Å². The zero-order valence-corrected chi connectivity index (χ0v) is 14.6. The molecule has 2 aromatic carbocycles. The number of phenolic OH excluding ortho intramolecular Hbond substituents is 1. The average molecular weight is 380 g/mol. The molecule has 7 nitrogen and oxygen atoms in total. The van der Waals surface area contributed by atoms with Gasteiger partial charge in [0.1, 0.15) is 10.6 Å². The minimum Gasteiger partial charge on any atom is -0.508 e. The summed E-state index contributed by atoms with van der Waals surface area (Å²) in [5, 5.41) is 15.3. The molecule has 0 aliphatic heterocycles. The average Bonchev–Trinajstić information content (AvgIpc) is 2.81.